The first-order valence-electron chi connectivity index (χ1n) is 8.17. The van der Waals surface area contributed by atoms with Crippen LogP contribution in [0.1, 0.15) is 33.9 Å². The van der Waals surface area contributed by atoms with Gasteiger partial charge in [-0.1, -0.05) is 0 Å². The van der Waals surface area contributed by atoms with Gasteiger partial charge in [0.1, 0.15) is 16.3 Å². The molecule has 11 heteroatoms. The van der Waals surface area contributed by atoms with Gasteiger partial charge in [-0.2, -0.15) is 13.2 Å². The normalized spacial score (nSPS) is 19.7. The number of sulfone groups is 1. The van der Waals surface area contributed by atoms with E-state index in [-0.39, 0.29) is 38.8 Å². The number of hydrogen-bond acceptors (Lipinski definition) is 6. The van der Waals surface area contributed by atoms with Gasteiger partial charge in [-0.3, -0.25) is 4.79 Å². The van der Waals surface area contributed by atoms with Crippen LogP contribution in [0.15, 0.2) is 17.2 Å². The van der Waals surface area contributed by atoms with Gasteiger partial charge < -0.3 is 4.90 Å². The summed E-state index contributed by atoms with van der Waals surface area (Å²) in [5.41, 5.74) is -1.47. The molecule has 2 aromatic rings. The zero-order chi connectivity index (χ0) is 19.6. The summed E-state index contributed by atoms with van der Waals surface area (Å²) in [4.78, 5) is 21.5. The molecule has 0 bridgehead atoms. The number of fused-ring (bicyclic) bond motifs is 1. The number of thiophene rings is 1. The summed E-state index contributed by atoms with van der Waals surface area (Å²) in [6.07, 6.45) is -2.41. The van der Waals surface area contributed by atoms with Gasteiger partial charge in [0.25, 0.3) is 5.91 Å². The quantitative estimate of drug-likeness (QED) is 0.751. The Hall–Kier alpha value is -2.01. The van der Waals surface area contributed by atoms with Crippen molar-refractivity contribution >= 4 is 27.1 Å². The van der Waals surface area contributed by atoms with Gasteiger partial charge in [0.05, 0.1) is 21.2 Å². The monoisotopic (exact) mass is 417 g/mol. The number of alkyl halides is 3. The molecule has 1 saturated carbocycles. The van der Waals surface area contributed by atoms with Gasteiger partial charge in [-0.25, -0.2) is 18.4 Å². The Morgan fingerprint density at radius 3 is 2.63 bits per heavy atom. The summed E-state index contributed by atoms with van der Waals surface area (Å²) < 4.78 is 65.2. The summed E-state index contributed by atoms with van der Waals surface area (Å²) in [6, 6.07) is 1.15. The number of aromatic nitrogens is 2. The molecule has 0 atom stereocenters. The molecule has 0 spiro atoms. The maximum absolute atomic E-state index is 13.4. The highest BCUT2D eigenvalue weighted by Gasteiger charge is 2.41. The molecule has 2 aliphatic rings. The lowest BCUT2D eigenvalue weighted by atomic mass is 10.2. The average molecular weight is 417 g/mol. The molecular formula is C16H14F3N3O3S2. The highest BCUT2D eigenvalue weighted by Crippen LogP contribution is 2.42. The fourth-order valence-electron chi connectivity index (χ4n) is 3.03. The Morgan fingerprint density at radius 2 is 2.00 bits per heavy atom. The number of amides is 1. The van der Waals surface area contributed by atoms with Crippen molar-refractivity contribution in [3.8, 4) is 10.6 Å². The summed E-state index contributed by atoms with van der Waals surface area (Å²) >= 11 is 0.739. The molecule has 0 N–H and O–H groups in total. The number of hydrogen-bond donors (Lipinski definition) is 0. The maximum atomic E-state index is 13.4. The van der Waals surface area contributed by atoms with Crippen LogP contribution in [0.4, 0.5) is 13.2 Å². The second kappa shape index (κ2) is 5.99. The third-order valence-corrected chi connectivity index (χ3v) is 7.50. The van der Waals surface area contributed by atoms with Gasteiger partial charge in [0, 0.05) is 18.8 Å². The number of rotatable bonds is 2. The van der Waals surface area contributed by atoms with Crippen molar-refractivity contribution in [2.24, 2.45) is 0 Å². The molecule has 2 aromatic heterocycles. The molecule has 0 radical (unpaired) electrons. The number of nitrogens with zero attached hydrogens (tertiary/aromatic N) is 3. The maximum Gasteiger partial charge on any atom is 0.420 e. The molecule has 1 aliphatic heterocycles. The van der Waals surface area contributed by atoms with E-state index in [1.807, 2.05) is 0 Å². The zero-order valence-corrected chi connectivity index (χ0v) is 15.7. The first-order valence-corrected chi connectivity index (χ1v) is 10.6. The Kier molecular flexibility index (Phi) is 4.08. The highest BCUT2D eigenvalue weighted by molar-refractivity contribution is 7.91. The molecule has 4 rings (SSSR count). The van der Waals surface area contributed by atoms with E-state index < -0.39 is 33.2 Å². The molecule has 1 amide bonds. The van der Waals surface area contributed by atoms with Gasteiger partial charge in [0.15, 0.2) is 9.84 Å². The van der Waals surface area contributed by atoms with Gasteiger partial charge in [-0.15, -0.1) is 11.3 Å². The number of carbonyl (C=O) groups excluding carboxylic acids is 1. The van der Waals surface area contributed by atoms with Crippen molar-refractivity contribution in [1.82, 2.24) is 14.9 Å². The lowest BCUT2D eigenvalue weighted by Gasteiger charge is -2.18. The van der Waals surface area contributed by atoms with Crippen molar-refractivity contribution in [3.63, 3.8) is 0 Å². The van der Waals surface area contributed by atoms with E-state index in [0.29, 0.717) is 6.20 Å². The van der Waals surface area contributed by atoms with E-state index in [0.717, 1.165) is 30.2 Å². The van der Waals surface area contributed by atoms with Crippen LogP contribution in [0.25, 0.3) is 10.6 Å². The Balaban J connectivity index is 1.90. The van der Waals surface area contributed by atoms with Crippen LogP contribution < -0.4 is 0 Å². The van der Waals surface area contributed by atoms with E-state index in [2.05, 4.69) is 9.97 Å². The molecule has 1 aliphatic carbocycles. The van der Waals surface area contributed by atoms with Crippen LogP contribution in [0.2, 0.25) is 0 Å². The molecule has 6 nitrogen and oxygen atoms in total. The number of aryl methyl sites for hydroxylation is 1. The minimum absolute atomic E-state index is 0.00704. The smallest absolute Gasteiger partial charge is 0.334 e. The number of carbonyl (C=O) groups is 1. The third kappa shape index (κ3) is 3.22. The predicted molar refractivity (Wildman–Crippen MR) is 91.2 cm³/mol. The topological polar surface area (TPSA) is 80.2 Å². The zero-order valence-electron chi connectivity index (χ0n) is 14.1. The minimum atomic E-state index is -4.70. The van der Waals surface area contributed by atoms with Crippen molar-refractivity contribution in [3.05, 3.63) is 28.5 Å². The van der Waals surface area contributed by atoms with Gasteiger partial charge in [-0.05, 0) is 25.8 Å². The van der Waals surface area contributed by atoms with Crippen LogP contribution in [0, 0.1) is 6.92 Å². The standard InChI is InChI=1S/C16H14F3N3O3S2/c1-8-20-7-10(16(17,18)19)13(21-8)11-6-12-14(26-11)15(23)22(9-2-3-9)4-5-27(12,24)25/h6-7,9H,2-5H2,1H3. The SMILES string of the molecule is Cc1ncc(C(F)(F)F)c(-c2cc3c(s2)C(=O)N(C2CC2)CCS3(=O)=O)n1. The molecule has 0 saturated heterocycles. The van der Waals surface area contributed by atoms with Gasteiger partial charge >= 0.3 is 6.18 Å². The van der Waals surface area contributed by atoms with Crippen LogP contribution in [-0.2, 0) is 16.0 Å². The molecule has 3 heterocycles. The summed E-state index contributed by atoms with van der Waals surface area (Å²) in [7, 11) is -3.77. The second-order valence-electron chi connectivity index (χ2n) is 6.53. The van der Waals surface area contributed by atoms with E-state index in [1.54, 1.807) is 0 Å². The van der Waals surface area contributed by atoms with Crippen LogP contribution in [0.5, 0.6) is 0 Å². The summed E-state index contributed by atoms with van der Waals surface area (Å²) in [5, 5.41) is 0. The predicted octanol–water partition coefficient (Wildman–Crippen LogP) is 2.92. The first kappa shape index (κ1) is 18.4. The lowest BCUT2D eigenvalue weighted by Crippen LogP contribution is -2.34. The summed E-state index contributed by atoms with van der Waals surface area (Å²) in [6.45, 7) is 1.54. The molecule has 27 heavy (non-hydrogen) atoms. The third-order valence-electron chi connectivity index (χ3n) is 4.52. The molecular weight excluding hydrogens is 403 g/mol. The van der Waals surface area contributed by atoms with E-state index in [4.69, 9.17) is 0 Å². The van der Waals surface area contributed by atoms with E-state index >= 15 is 0 Å². The second-order valence-corrected chi connectivity index (χ2v) is 9.66. The average Bonchev–Trinajstić information content (AvgIpc) is 3.30. The molecule has 1 fully saturated rings. The fraction of sp³-hybridized carbons (Fsp3) is 0.438. The van der Waals surface area contributed by atoms with Crippen molar-refractivity contribution in [2.75, 3.05) is 12.3 Å². The molecule has 0 unspecified atom stereocenters. The lowest BCUT2D eigenvalue weighted by molar-refractivity contribution is -0.137. The van der Waals surface area contributed by atoms with E-state index in [9.17, 15) is 26.4 Å². The van der Waals surface area contributed by atoms with Crippen molar-refractivity contribution in [2.45, 2.75) is 36.9 Å². The van der Waals surface area contributed by atoms with Crippen LogP contribution >= 0.6 is 11.3 Å². The Bertz CT molecular complexity index is 1040. The highest BCUT2D eigenvalue weighted by atomic mass is 32.2. The molecule has 0 aromatic carbocycles. The fourth-order valence-corrected chi connectivity index (χ4v) is 5.95. The van der Waals surface area contributed by atoms with E-state index in [1.165, 1.54) is 11.8 Å². The Labute approximate surface area is 157 Å². The van der Waals surface area contributed by atoms with Crippen molar-refractivity contribution in [1.29, 1.82) is 0 Å². The van der Waals surface area contributed by atoms with Gasteiger partial charge in [0.2, 0.25) is 0 Å². The van der Waals surface area contributed by atoms with Crippen molar-refractivity contribution < 1.29 is 26.4 Å². The largest absolute Gasteiger partial charge is 0.420 e. The minimum Gasteiger partial charge on any atom is -0.334 e. The molecule has 144 valence electrons. The Morgan fingerprint density at radius 1 is 1.30 bits per heavy atom. The number of halogens is 3. The first-order chi connectivity index (χ1) is 12.6. The van der Waals surface area contributed by atoms with Crippen LogP contribution in [0.3, 0.4) is 0 Å². The summed E-state index contributed by atoms with van der Waals surface area (Å²) in [5.74, 6) is -0.563. The van der Waals surface area contributed by atoms with Crippen LogP contribution in [-0.4, -0.2) is 47.5 Å².